The number of hydrogen-bond donors (Lipinski definition) is 1. The fraction of sp³-hybridized carbons (Fsp3) is 0.429. The van der Waals surface area contributed by atoms with E-state index in [1.165, 1.54) is 0 Å². The monoisotopic (exact) mass is 261 g/mol. The average Bonchev–Trinajstić information content (AvgIpc) is 2.67. The van der Waals surface area contributed by atoms with Gasteiger partial charge in [-0.05, 0) is 26.8 Å². The van der Waals surface area contributed by atoms with Gasteiger partial charge in [-0.1, -0.05) is 0 Å². The van der Waals surface area contributed by atoms with Gasteiger partial charge in [0.2, 0.25) is 0 Å². The smallest absolute Gasteiger partial charge is 0.138 e. The third-order valence-corrected chi connectivity index (χ3v) is 2.77. The van der Waals surface area contributed by atoms with Gasteiger partial charge in [-0.2, -0.15) is 5.10 Å². The van der Waals surface area contributed by atoms with Crippen LogP contribution in [0.25, 0.3) is 0 Å². The van der Waals surface area contributed by atoms with Crippen LogP contribution in [0.4, 0.5) is 0 Å². The van der Waals surface area contributed by atoms with Crippen molar-refractivity contribution in [3.05, 3.63) is 41.5 Å². The van der Waals surface area contributed by atoms with Crippen molar-refractivity contribution in [3.63, 3.8) is 0 Å². The lowest BCUT2D eigenvalue weighted by Crippen LogP contribution is -2.07. The molecule has 0 spiro atoms. The first-order chi connectivity index (χ1) is 8.97. The standard InChI is InChI=1S/C14H19N3O2/c1-9(2)19-12-5-11(6-15-7-12)14(18)13-8-17(4)16-10(13)3/h5-9,14,18H,1-4H3. The first kappa shape index (κ1) is 13.5. The highest BCUT2D eigenvalue weighted by Crippen LogP contribution is 2.26. The predicted molar refractivity (Wildman–Crippen MR) is 72.0 cm³/mol. The zero-order valence-corrected chi connectivity index (χ0v) is 11.7. The van der Waals surface area contributed by atoms with Crippen LogP contribution < -0.4 is 4.74 Å². The molecule has 19 heavy (non-hydrogen) atoms. The second-order valence-corrected chi connectivity index (χ2v) is 4.87. The molecule has 1 N–H and O–H groups in total. The molecular formula is C14H19N3O2. The number of nitrogens with zero attached hydrogens (tertiary/aromatic N) is 3. The van der Waals surface area contributed by atoms with Gasteiger partial charge in [-0.25, -0.2) is 0 Å². The molecule has 5 heteroatoms. The molecule has 0 bridgehead atoms. The average molecular weight is 261 g/mol. The van der Waals surface area contributed by atoms with Gasteiger partial charge in [0.1, 0.15) is 11.9 Å². The quantitative estimate of drug-likeness (QED) is 0.914. The number of aliphatic hydroxyl groups is 1. The lowest BCUT2D eigenvalue weighted by atomic mass is 10.0. The largest absolute Gasteiger partial charge is 0.489 e. The second-order valence-electron chi connectivity index (χ2n) is 4.87. The number of aliphatic hydroxyl groups excluding tert-OH is 1. The summed E-state index contributed by atoms with van der Waals surface area (Å²) >= 11 is 0. The highest BCUT2D eigenvalue weighted by Gasteiger charge is 2.16. The Bertz CT molecular complexity index is 564. The number of rotatable bonds is 4. The molecular weight excluding hydrogens is 242 g/mol. The summed E-state index contributed by atoms with van der Waals surface area (Å²) in [6.07, 6.45) is 4.44. The third-order valence-electron chi connectivity index (χ3n) is 2.77. The molecule has 2 heterocycles. The van der Waals surface area contributed by atoms with Crippen LogP contribution in [0.1, 0.15) is 36.8 Å². The summed E-state index contributed by atoms with van der Waals surface area (Å²) in [4.78, 5) is 4.11. The predicted octanol–water partition coefficient (Wildman–Crippen LogP) is 1.99. The number of aromatic nitrogens is 3. The minimum Gasteiger partial charge on any atom is -0.489 e. The van der Waals surface area contributed by atoms with E-state index in [1.807, 2.05) is 40.1 Å². The van der Waals surface area contributed by atoms with E-state index in [0.717, 1.165) is 11.3 Å². The SMILES string of the molecule is Cc1nn(C)cc1C(O)c1cncc(OC(C)C)c1. The van der Waals surface area contributed by atoms with E-state index >= 15 is 0 Å². The first-order valence-corrected chi connectivity index (χ1v) is 6.27. The van der Waals surface area contributed by atoms with Crippen molar-refractivity contribution in [1.29, 1.82) is 0 Å². The molecule has 0 fully saturated rings. The van der Waals surface area contributed by atoms with E-state index in [9.17, 15) is 5.11 Å². The minimum atomic E-state index is -0.739. The van der Waals surface area contributed by atoms with Crippen molar-refractivity contribution >= 4 is 0 Å². The van der Waals surface area contributed by atoms with Crippen LogP contribution in [-0.4, -0.2) is 26.0 Å². The number of ether oxygens (including phenoxy) is 1. The maximum Gasteiger partial charge on any atom is 0.138 e. The van der Waals surface area contributed by atoms with Gasteiger partial charge in [0.05, 0.1) is 18.0 Å². The van der Waals surface area contributed by atoms with Crippen LogP contribution >= 0.6 is 0 Å². The Morgan fingerprint density at radius 2 is 2.05 bits per heavy atom. The molecule has 102 valence electrons. The van der Waals surface area contributed by atoms with Crippen LogP contribution in [0.15, 0.2) is 24.7 Å². The first-order valence-electron chi connectivity index (χ1n) is 6.27. The molecule has 0 radical (unpaired) electrons. The fourth-order valence-electron chi connectivity index (χ4n) is 1.99. The minimum absolute atomic E-state index is 0.0781. The number of aryl methyl sites for hydroxylation is 2. The van der Waals surface area contributed by atoms with Crippen molar-refractivity contribution in [2.75, 3.05) is 0 Å². The molecule has 1 unspecified atom stereocenters. The van der Waals surface area contributed by atoms with Gasteiger partial charge in [-0.3, -0.25) is 9.67 Å². The lowest BCUT2D eigenvalue weighted by molar-refractivity contribution is 0.215. The molecule has 0 aliphatic carbocycles. The fourth-order valence-corrected chi connectivity index (χ4v) is 1.99. The molecule has 1 atom stereocenters. The Labute approximate surface area is 112 Å². The highest BCUT2D eigenvalue weighted by molar-refractivity contribution is 5.33. The van der Waals surface area contributed by atoms with Crippen molar-refractivity contribution in [1.82, 2.24) is 14.8 Å². The van der Waals surface area contributed by atoms with Gasteiger partial charge < -0.3 is 9.84 Å². The summed E-state index contributed by atoms with van der Waals surface area (Å²) < 4.78 is 7.27. The van der Waals surface area contributed by atoms with Crippen molar-refractivity contribution < 1.29 is 9.84 Å². The van der Waals surface area contributed by atoms with E-state index in [2.05, 4.69) is 10.1 Å². The van der Waals surface area contributed by atoms with E-state index in [4.69, 9.17) is 4.74 Å². The maximum atomic E-state index is 10.4. The van der Waals surface area contributed by atoms with E-state index < -0.39 is 6.10 Å². The van der Waals surface area contributed by atoms with Crippen LogP contribution in [0, 0.1) is 6.92 Å². The Morgan fingerprint density at radius 1 is 1.32 bits per heavy atom. The van der Waals surface area contributed by atoms with Crippen LogP contribution in [-0.2, 0) is 7.05 Å². The summed E-state index contributed by atoms with van der Waals surface area (Å²) in [6, 6.07) is 1.81. The van der Waals surface area contributed by atoms with E-state index in [0.29, 0.717) is 11.3 Å². The molecule has 0 saturated carbocycles. The van der Waals surface area contributed by atoms with Gasteiger partial charge in [0.25, 0.3) is 0 Å². The van der Waals surface area contributed by atoms with Crippen molar-refractivity contribution in [2.24, 2.45) is 7.05 Å². The summed E-state index contributed by atoms with van der Waals surface area (Å²) in [7, 11) is 1.83. The topological polar surface area (TPSA) is 60.2 Å². The summed E-state index contributed by atoms with van der Waals surface area (Å²) in [5, 5.41) is 14.6. The molecule has 5 nitrogen and oxygen atoms in total. The molecule has 2 rings (SSSR count). The van der Waals surface area contributed by atoms with Crippen LogP contribution in [0.5, 0.6) is 5.75 Å². The molecule has 2 aromatic heterocycles. The van der Waals surface area contributed by atoms with Gasteiger partial charge in [0, 0.05) is 30.6 Å². The number of pyridine rings is 1. The third kappa shape index (κ3) is 3.12. The highest BCUT2D eigenvalue weighted by atomic mass is 16.5. The summed E-state index contributed by atoms with van der Waals surface area (Å²) in [5.74, 6) is 0.660. The maximum absolute atomic E-state index is 10.4. The molecule has 0 aromatic carbocycles. The summed E-state index contributed by atoms with van der Waals surface area (Å²) in [6.45, 7) is 5.78. The molecule has 0 amide bonds. The second kappa shape index (κ2) is 5.40. The summed E-state index contributed by atoms with van der Waals surface area (Å²) in [5.41, 5.74) is 2.30. The molecule has 0 saturated heterocycles. The van der Waals surface area contributed by atoms with E-state index in [-0.39, 0.29) is 6.10 Å². The zero-order chi connectivity index (χ0) is 14.0. The normalized spacial score (nSPS) is 12.7. The van der Waals surface area contributed by atoms with Crippen LogP contribution in [0.2, 0.25) is 0 Å². The Hall–Kier alpha value is -1.88. The molecule has 0 aliphatic heterocycles. The Balaban J connectivity index is 2.28. The number of hydrogen-bond acceptors (Lipinski definition) is 4. The molecule has 0 aliphatic rings. The molecule has 2 aromatic rings. The zero-order valence-electron chi connectivity index (χ0n) is 11.7. The van der Waals surface area contributed by atoms with Crippen LogP contribution in [0.3, 0.4) is 0 Å². The van der Waals surface area contributed by atoms with Crippen molar-refractivity contribution in [3.8, 4) is 5.75 Å². The Kier molecular flexibility index (Phi) is 3.85. The van der Waals surface area contributed by atoms with Gasteiger partial charge in [0.15, 0.2) is 0 Å². The van der Waals surface area contributed by atoms with Gasteiger partial charge in [-0.15, -0.1) is 0 Å². The van der Waals surface area contributed by atoms with E-state index in [1.54, 1.807) is 17.1 Å². The van der Waals surface area contributed by atoms with Crippen molar-refractivity contribution in [2.45, 2.75) is 33.0 Å². The Morgan fingerprint density at radius 3 is 2.63 bits per heavy atom. The lowest BCUT2D eigenvalue weighted by Gasteiger charge is -2.13. The van der Waals surface area contributed by atoms with Gasteiger partial charge >= 0.3 is 0 Å².